The van der Waals surface area contributed by atoms with Gasteiger partial charge in [-0.05, 0) is 18.6 Å². The summed E-state index contributed by atoms with van der Waals surface area (Å²) < 4.78 is 1.58. The molecule has 1 aromatic heterocycles. The van der Waals surface area contributed by atoms with Crippen molar-refractivity contribution in [3.8, 4) is 0 Å². The van der Waals surface area contributed by atoms with E-state index in [1.807, 2.05) is 13.0 Å². The molecule has 0 saturated heterocycles. The van der Waals surface area contributed by atoms with Crippen molar-refractivity contribution in [2.75, 3.05) is 5.73 Å². The number of nitrogen functional groups attached to an aromatic ring is 1. The molecule has 2 aromatic rings. The molecule has 0 saturated carbocycles. The topological polar surface area (TPSA) is 73.8 Å². The summed E-state index contributed by atoms with van der Waals surface area (Å²) in [5.41, 5.74) is 8.65. The minimum Gasteiger partial charge on any atom is -0.398 e. The molecule has 1 aromatic carbocycles. The summed E-state index contributed by atoms with van der Waals surface area (Å²) in [6.45, 7) is 1.91. The summed E-state index contributed by atoms with van der Waals surface area (Å²) in [6.07, 6.45) is 1.98. The summed E-state index contributed by atoms with van der Waals surface area (Å²) in [5, 5.41) is 7.67. The Balaban J connectivity index is 2.17. The van der Waals surface area contributed by atoms with Crippen molar-refractivity contribution < 1.29 is 4.79 Å². The van der Waals surface area contributed by atoms with Crippen molar-refractivity contribution in [2.45, 2.75) is 13.3 Å². The number of benzene rings is 1. The van der Waals surface area contributed by atoms with Gasteiger partial charge in [-0.2, -0.15) is 0 Å². The molecule has 0 radical (unpaired) electrons. The first-order valence-corrected chi connectivity index (χ1v) is 5.31. The average molecular weight is 230 g/mol. The van der Waals surface area contributed by atoms with Gasteiger partial charge in [0.1, 0.15) is 0 Å². The van der Waals surface area contributed by atoms with Crippen molar-refractivity contribution in [2.24, 2.45) is 7.05 Å². The van der Waals surface area contributed by atoms with Crippen LogP contribution in [0.1, 0.15) is 21.6 Å². The Labute approximate surface area is 99.2 Å². The van der Waals surface area contributed by atoms with Crippen LogP contribution in [0.5, 0.6) is 0 Å². The lowest BCUT2D eigenvalue weighted by Crippen LogP contribution is -2.05. The Morgan fingerprint density at radius 2 is 2.24 bits per heavy atom. The van der Waals surface area contributed by atoms with Gasteiger partial charge in [0.25, 0.3) is 0 Å². The maximum Gasteiger partial charge on any atom is 0.169 e. The van der Waals surface area contributed by atoms with Gasteiger partial charge in [0.05, 0.1) is 12.1 Å². The van der Waals surface area contributed by atoms with E-state index >= 15 is 0 Å². The van der Waals surface area contributed by atoms with Gasteiger partial charge in [0.2, 0.25) is 0 Å². The number of hydrogen-bond acceptors (Lipinski definition) is 4. The Morgan fingerprint density at radius 1 is 1.47 bits per heavy atom. The standard InChI is InChI=1S/C12H14N4O/c1-8-3-4-9(5-11(8)13)12(17)6-10-7-16(2)15-14-10/h3-5,7H,6,13H2,1-2H3. The molecule has 0 aliphatic rings. The minimum atomic E-state index is -0.00259. The normalized spacial score (nSPS) is 10.5. The number of anilines is 1. The number of nitrogens with zero attached hydrogens (tertiary/aromatic N) is 3. The van der Waals surface area contributed by atoms with Gasteiger partial charge in [-0.1, -0.05) is 17.3 Å². The fourth-order valence-corrected chi connectivity index (χ4v) is 1.56. The number of aromatic nitrogens is 3. The Kier molecular flexibility index (Phi) is 2.91. The zero-order chi connectivity index (χ0) is 12.4. The maximum atomic E-state index is 12.0. The van der Waals surface area contributed by atoms with Crippen molar-refractivity contribution in [1.82, 2.24) is 15.0 Å². The monoisotopic (exact) mass is 230 g/mol. The first kappa shape index (κ1) is 11.3. The second-order valence-corrected chi connectivity index (χ2v) is 4.05. The molecule has 0 spiro atoms. The smallest absolute Gasteiger partial charge is 0.169 e. The zero-order valence-corrected chi connectivity index (χ0v) is 9.84. The molecule has 0 atom stereocenters. The lowest BCUT2D eigenvalue weighted by molar-refractivity contribution is 0.0992. The fourth-order valence-electron chi connectivity index (χ4n) is 1.56. The Morgan fingerprint density at radius 3 is 2.82 bits per heavy atom. The second kappa shape index (κ2) is 4.37. The van der Waals surface area contributed by atoms with Gasteiger partial charge in [0, 0.05) is 24.5 Å². The SMILES string of the molecule is Cc1ccc(C(=O)Cc2cn(C)nn2)cc1N. The number of Topliss-reactive ketones (excluding diaryl/α,β-unsaturated/α-hetero) is 1. The van der Waals surface area contributed by atoms with Crippen LogP contribution in [-0.2, 0) is 13.5 Å². The van der Waals surface area contributed by atoms with Gasteiger partial charge in [-0.15, -0.1) is 5.10 Å². The van der Waals surface area contributed by atoms with E-state index < -0.39 is 0 Å². The average Bonchev–Trinajstić information content (AvgIpc) is 2.68. The van der Waals surface area contributed by atoms with E-state index in [0.717, 1.165) is 5.56 Å². The quantitative estimate of drug-likeness (QED) is 0.633. The first-order chi connectivity index (χ1) is 8.06. The van der Waals surface area contributed by atoms with Crippen LogP contribution >= 0.6 is 0 Å². The van der Waals surface area contributed by atoms with E-state index in [-0.39, 0.29) is 12.2 Å². The molecule has 2 rings (SSSR count). The van der Waals surface area contributed by atoms with Gasteiger partial charge >= 0.3 is 0 Å². The zero-order valence-electron chi connectivity index (χ0n) is 9.84. The van der Waals surface area contributed by atoms with Crippen LogP contribution < -0.4 is 5.73 Å². The summed E-state index contributed by atoms with van der Waals surface area (Å²) in [6, 6.07) is 5.33. The highest BCUT2D eigenvalue weighted by Crippen LogP contribution is 2.14. The van der Waals surface area contributed by atoms with E-state index in [9.17, 15) is 4.79 Å². The maximum absolute atomic E-state index is 12.0. The summed E-state index contributed by atoms with van der Waals surface area (Å²) in [7, 11) is 1.77. The largest absolute Gasteiger partial charge is 0.398 e. The highest BCUT2D eigenvalue weighted by atomic mass is 16.1. The molecular formula is C12H14N4O. The van der Waals surface area contributed by atoms with Crippen LogP contribution in [0.25, 0.3) is 0 Å². The van der Waals surface area contributed by atoms with E-state index in [2.05, 4.69) is 10.3 Å². The number of hydrogen-bond donors (Lipinski definition) is 1. The Hall–Kier alpha value is -2.17. The molecule has 0 unspecified atom stereocenters. The highest BCUT2D eigenvalue weighted by molar-refractivity contribution is 5.98. The number of carbonyl (C=O) groups excluding carboxylic acids is 1. The van der Waals surface area contributed by atoms with E-state index in [1.165, 1.54) is 0 Å². The van der Waals surface area contributed by atoms with Crippen molar-refractivity contribution in [3.05, 3.63) is 41.2 Å². The number of rotatable bonds is 3. The molecule has 0 aliphatic carbocycles. The Bertz CT molecular complexity index is 559. The molecule has 88 valence electrons. The van der Waals surface area contributed by atoms with E-state index in [4.69, 9.17) is 5.73 Å². The van der Waals surface area contributed by atoms with Crippen molar-refractivity contribution in [3.63, 3.8) is 0 Å². The van der Waals surface area contributed by atoms with E-state index in [1.54, 1.807) is 30.1 Å². The van der Waals surface area contributed by atoms with E-state index in [0.29, 0.717) is 16.9 Å². The summed E-state index contributed by atoms with van der Waals surface area (Å²) in [5.74, 6) is -0.00259. The summed E-state index contributed by atoms with van der Waals surface area (Å²) in [4.78, 5) is 12.0. The third-order valence-electron chi connectivity index (χ3n) is 2.59. The second-order valence-electron chi connectivity index (χ2n) is 4.05. The third-order valence-corrected chi connectivity index (χ3v) is 2.59. The van der Waals surface area contributed by atoms with Crippen LogP contribution in [-0.4, -0.2) is 20.8 Å². The van der Waals surface area contributed by atoms with Crippen LogP contribution in [0.3, 0.4) is 0 Å². The molecule has 0 aliphatic heterocycles. The lowest BCUT2D eigenvalue weighted by atomic mass is 10.0. The molecule has 1 heterocycles. The molecule has 5 heteroatoms. The molecule has 0 fully saturated rings. The van der Waals surface area contributed by atoms with Gasteiger partial charge in [-0.25, -0.2) is 0 Å². The van der Waals surface area contributed by atoms with Crippen LogP contribution in [0, 0.1) is 6.92 Å². The lowest BCUT2D eigenvalue weighted by Gasteiger charge is -2.03. The highest BCUT2D eigenvalue weighted by Gasteiger charge is 2.10. The number of aryl methyl sites for hydroxylation is 2. The first-order valence-electron chi connectivity index (χ1n) is 5.31. The van der Waals surface area contributed by atoms with Crippen molar-refractivity contribution in [1.29, 1.82) is 0 Å². The number of carbonyl (C=O) groups is 1. The fraction of sp³-hybridized carbons (Fsp3) is 0.250. The molecule has 0 bridgehead atoms. The molecule has 17 heavy (non-hydrogen) atoms. The third kappa shape index (κ3) is 2.50. The predicted octanol–water partition coefficient (Wildman–Crippen LogP) is 1.13. The van der Waals surface area contributed by atoms with Gasteiger partial charge < -0.3 is 5.73 Å². The molecular weight excluding hydrogens is 216 g/mol. The van der Waals surface area contributed by atoms with Gasteiger partial charge in [0.15, 0.2) is 5.78 Å². The van der Waals surface area contributed by atoms with Crippen LogP contribution in [0.4, 0.5) is 5.69 Å². The number of ketones is 1. The van der Waals surface area contributed by atoms with Crippen LogP contribution in [0.15, 0.2) is 24.4 Å². The van der Waals surface area contributed by atoms with Gasteiger partial charge in [-0.3, -0.25) is 9.48 Å². The van der Waals surface area contributed by atoms with Crippen LogP contribution in [0.2, 0.25) is 0 Å². The molecule has 2 N–H and O–H groups in total. The molecule has 5 nitrogen and oxygen atoms in total. The molecule has 0 amide bonds. The van der Waals surface area contributed by atoms with Crippen molar-refractivity contribution >= 4 is 11.5 Å². The minimum absolute atomic E-state index is 0.00259. The number of nitrogens with two attached hydrogens (primary N) is 1. The summed E-state index contributed by atoms with van der Waals surface area (Å²) >= 11 is 0. The predicted molar refractivity (Wildman–Crippen MR) is 64.6 cm³/mol.